The van der Waals surface area contributed by atoms with E-state index in [1.165, 1.54) is 19.2 Å². The van der Waals surface area contributed by atoms with E-state index >= 15 is 0 Å². The van der Waals surface area contributed by atoms with Gasteiger partial charge in [-0.15, -0.1) is 0 Å². The van der Waals surface area contributed by atoms with Crippen LogP contribution in [0.4, 0.5) is 0 Å². The lowest BCUT2D eigenvalue weighted by molar-refractivity contribution is 0.0913. The average Bonchev–Trinajstić information content (AvgIpc) is 3.22. The van der Waals surface area contributed by atoms with Crippen molar-refractivity contribution in [3.8, 4) is 28.4 Å². The third kappa shape index (κ3) is 4.24. The van der Waals surface area contributed by atoms with E-state index in [0.29, 0.717) is 28.9 Å². The number of aliphatic hydroxyl groups excluding tert-OH is 1. The molecule has 0 spiro atoms. The number of hydrogen-bond donors (Lipinski definition) is 5. The van der Waals surface area contributed by atoms with Gasteiger partial charge in [0.05, 0.1) is 25.3 Å². The Kier molecular flexibility index (Phi) is 6.00. The molecule has 7 nitrogen and oxygen atoms in total. The maximum Gasteiger partial charge on any atom is 0.255 e. The lowest BCUT2D eigenvalue weighted by Crippen LogP contribution is -2.39. The second kappa shape index (κ2) is 9.03. The first kappa shape index (κ1) is 21.3. The summed E-state index contributed by atoms with van der Waals surface area (Å²) >= 11 is 0. The largest absolute Gasteiger partial charge is 0.504 e. The number of aromatic amines is 1. The summed E-state index contributed by atoms with van der Waals surface area (Å²) in [6.07, 6.45) is 2.35. The molecule has 1 atom stereocenters. The Bertz CT molecular complexity index is 1260. The van der Waals surface area contributed by atoms with Crippen LogP contribution in [0.1, 0.15) is 15.9 Å². The van der Waals surface area contributed by atoms with Crippen molar-refractivity contribution in [1.29, 1.82) is 0 Å². The summed E-state index contributed by atoms with van der Waals surface area (Å²) in [6, 6.07) is 16.9. The molecule has 4 rings (SSSR count). The Morgan fingerprint density at radius 2 is 1.78 bits per heavy atom. The fourth-order valence-corrected chi connectivity index (χ4v) is 3.76. The molecule has 32 heavy (non-hydrogen) atoms. The minimum Gasteiger partial charge on any atom is -0.504 e. The Labute approximate surface area is 184 Å². The number of carbonyl (C=O) groups excluding carboxylic acids is 1. The number of benzene rings is 3. The van der Waals surface area contributed by atoms with Crippen LogP contribution in [-0.4, -0.2) is 46.0 Å². The van der Waals surface area contributed by atoms with E-state index in [0.717, 1.165) is 16.5 Å². The standard InChI is InChI=1S/C25H24N2O5/c1-32-24-9-7-15(16-6-8-22(29)23(30)12-16)11-20(24)25(31)27-18(14-28)10-17-13-26-21-5-3-2-4-19(17)21/h2-9,11-13,18,26,28-30H,10,14H2,1H3,(H,27,31)/t18-/m1/s1. The number of para-hydroxylation sites is 1. The number of nitrogens with one attached hydrogen (secondary N) is 2. The number of ether oxygens (including phenoxy) is 1. The van der Waals surface area contributed by atoms with Crippen LogP contribution >= 0.6 is 0 Å². The Balaban J connectivity index is 1.58. The number of hydrogen-bond acceptors (Lipinski definition) is 5. The number of aromatic hydroxyl groups is 2. The number of fused-ring (bicyclic) bond motifs is 1. The highest BCUT2D eigenvalue weighted by Crippen LogP contribution is 2.32. The van der Waals surface area contributed by atoms with Crippen LogP contribution in [0.3, 0.4) is 0 Å². The molecule has 0 aliphatic rings. The van der Waals surface area contributed by atoms with Crippen molar-refractivity contribution >= 4 is 16.8 Å². The van der Waals surface area contributed by atoms with E-state index in [1.54, 1.807) is 24.3 Å². The first-order chi connectivity index (χ1) is 15.5. The van der Waals surface area contributed by atoms with Gasteiger partial charge in [-0.05, 0) is 53.4 Å². The number of phenolic OH excluding ortho intramolecular Hbond substituents is 2. The van der Waals surface area contributed by atoms with Crippen LogP contribution in [0.25, 0.3) is 22.0 Å². The molecule has 5 N–H and O–H groups in total. The monoisotopic (exact) mass is 432 g/mol. The number of methoxy groups -OCH3 is 1. The van der Waals surface area contributed by atoms with Gasteiger partial charge in [-0.25, -0.2) is 0 Å². The highest BCUT2D eigenvalue weighted by molar-refractivity contribution is 5.98. The highest BCUT2D eigenvalue weighted by Gasteiger charge is 2.19. The molecule has 0 fully saturated rings. The predicted molar refractivity (Wildman–Crippen MR) is 122 cm³/mol. The summed E-state index contributed by atoms with van der Waals surface area (Å²) in [5.41, 5.74) is 3.60. The molecule has 164 valence electrons. The molecule has 0 bridgehead atoms. The molecule has 0 saturated heterocycles. The average molecular weight is 432 g/mol. The maximum atomic E-state index is 13.1. The zero-order valence-corrected chi connectivity index (χ0v) is 17.5. The smallest absolute Gasteiger partial charge is 0.255 e. The second-order valence-electron chi connectivity index (χ2n) is 7.54. The van der Waals surface area contributed by atoms with Gasteiger partial charge in [-0.3, -0.25) is 4.79 Å². The Morgan fingerprint density at radius 1 is 1.03 bits per heavy atom. The second-order valence-corrected chi connectivity index (χ2v) is 7.54. The van der Waals surface area contributed by atoms with Crippen molar-refractivity contribution in [2.45, 2.75) is 12.5 Å². The first-order valence-electron chi connectivity index (χ1n) is 10.2. The zero-order chi connectivity index (χ0) is 22.7. The predicted octanol–water partition coefficient (Wildman–Crippen LogP) is 3.59. The fourth-order valence-electron chi connectivity index (χ4n) is 3.76. The molecule has 0 radical (unpaired) electrons. The number of amides is 1. The number of phenols is 2. The minimum atomic E-state index is -0.493. The van der Waals surface area contributed by atoms with Gasteiger partial charge >= 0.3 is 0 Å². The number of H-pyrrole nitrogens is 1. The Morgan fingerprint density at radius 3 is 2.53 bits per heavy atom. The maximum absolute atomic E-state index is 13.1. The molecule has 1 aromatic heterocycles. The molecule has 7 heteroatoms. The van der Waals surface area contributed by atoms with Gasteiger partial charge < -0.3 is 30.4 Å². The summed E-state index contributed by atoms with van der Waals surface area (Å²) in [7, 11) is 1.48. The normalized spacial score (nSPS) is 11.9. The van der Waals surface area contributed by atoms with Crippen molar-refractivity contribution in [3.63, 3.8) is 0 Å². The summed E-state index contributed by atoms with van der Waals surface area (Å²) < 4.78 is 5.36. The van der Waals surface area contributed by atoms with Crippen molar-refractivity contribution in [2.75, 3.05) is 13.7 Å². The van der Waals surface area contributed by atoms with E-state index < -0.39 is 6.04 Å². The van der Waals surface area contributed by atoms with E-state index in [9.17, 15) is 20.1 Å². The number of carbonyl (C=O) groups is 1. The first-order valence-corrected chi connectivity index (χ1v) is 10.2. The van der Waals surface area contributed by atoms with E-state index in [1.807, 2.05) is 30.5 Å². The van der Waals surface area contributed by atoms with Gasteiger partial charge in [-0.2, -0.15) is 0 Å². The zero-order valence-electron chi connectivity index (χ0n) is 17.5. The minimum absolute atomic E-state index is 0.219. The van der Waals surface area contributed by atoms with Crippen molar-refractivity contribution in [2.24, 2.45) is 0 Å². The van der Waals surface area contributed by atoms with E-state index in [4.69, 9.17) is 4.74 Å². The SMILES string of the molecule is COc1ccc(-c2ccc(O)c(O)c2)cc1C(=O)N[C@@H](CO)Cc1c[nH]c2ccccc12. The number of rotatable bonds is 7. The lowest BCUT2D eigenvalue weighted by Gasteiger charge is -2.18. The number of aromatic nitrogens is 1. The molecule has 0 aliphatic heterocycles. The van der Waals surface area contributed by atoms with Crippen LogP contribution in [-0.2, 0) is 6.42 Å². The van der Waals surface area contributed by atoms with Gasteiger partial charge in [-0.1, -0.05) is 30.3 Å². The molecule has 1 heterocycles. The van der Waals surface area contributed by atoms with Crippen molar-refractivity contribution in [3.05, 3.63) is 78.0 Å². The van der Waals surface area contributed by atoms with Crippen molar-refractivity contribution in [1.82, 2.24) is 10.3 Å². The quantitative estimate of drug-likeness (QED) is 0.286. The van der Waals surface area contributed by atoms with Crippen molar-refractivity contribution < 1.29 is 24.9 Å². The van der Waals surface area contributed by atoms with Gasteiger partial charge in [0.25, 0.3) is 5.91 Å². The van der Waals surface area contributed by atoms with Crippen LogP contribution in [0.15, 0.2) is 66.9 Å². The highest BCUT2D eigenvalue weighted by atomic mass is 16.5. The molecule has 0 aliphatic carbocycles. The van der Waals surface area contributed by atoms with Crippen LogP contribution in [0, 0.1) is 0 Å². The summed E-state index contributed by atoms with van der Waals surface area (Å²) in [5.74, 6) is -0.463. The third-order valence-electron chi connectivity index (χ3n) is 5.45. The molecule has 1 amide bonds. The van der Waals surface area contributed by atoms with E-state index in [-0.39, 0.29) is 24.0 Å². The van der Waals surface area contributed by atoms with Gasteiger partial charge in [0.15, 0.2) is 11.5 Å². The van der Waals surface area contributed by atoms with Crippen LogP contribution in [0.2, 0.25) is 0 Å². The third-order valence-corrected chi connectivity index (χ3v) is 5.45. The summed E-state index contributed by atoms with van der Waals surface area (Å²) in [4.78, 5) is 16.3. The fraction of sp³-hybridized carbons (Fsp3) is 0.160. The van der Waals surface area contributed by atoms with Crippen LogP contribution < -0.4 is 10.1 Å². The van der Waals surface area contributed by atoms with Gasteiger partial charge in [0.1, 0.15) is 5.75 Å². The molecule has 4 aromatic rings. The molecule has 0 unspecified atom stereocenters. The Hall–Kier alpha value is -3.97. The summed E-state index contributed by atoms with van der Waals surface area (Å²) in [5, 5.41) is 33.2. The molecular formula is C25H24N2O5. The van der Waals surface area contributed by atoms with E-state index in [2.05, 4.69) is 10.3 Å². The molecule has 3 aromatic carbocycles. The molecule has 0 saturated carbocycles. The number of aliphatic hydroxyl groups is 1. The van der Waals surface area contributed by atoms with Gasteiger partial charge in [0.2, 0.25) is 0 Å². The van der Waals surface area contributed by atoms with Gasteiger partial charge in [0, 0.05) is 17.1 Å². The lowest BCUT2D eigenvalue weighted by atomic mass is 10.0. The molecular weight excluding hydrogens is 408 g/mol. The summed E-state index contributed by atoms with van der Waals surface area (Å²) in [6.45, 7) is -0.223. The topological polar surface area (TPSA) is 115 Å². The van der Waals surface area contributed by atoms with Crippen LogP contribution in [0.5, 0.6) is 17.2 Å².